The number of halogens is 1. The molecule has 1 aromatic heterocycles. The number of aliphatic imine (C=N–C) groups is 1. The smallest absolute Gasteiger partial charge is 0.251 e. The summed E-state index contributed by atoms with van der Waals surface area (Å²) >= 11 is 0. The summed E-state index contributed by atoms with van der Waals surface area (Å²) in [5.74, 6) is 1.27. The Kier molecular flexibility index (Phi) is 11.7. The molecule has 1 heterocycles. The molecule has 2 aromatic rings. The summed E-state index contributed by atoms with van der Waals surface area (Å²) < 4.78 is 5.69. The van der Waals surface area contributed by atoms with Crippen LogP contribution in [0, 0.1) is 0 Å². The zero-order chi connectivity index (χ0) is 20.2. The SMILES string of the molecule is CCCOc1ncccc1CNC(=NC)NCCc1cccc(C(=O)NC)c1.I. The Hall–Kier alpha value is -2.36. The van der Waals surface area contributed by atoms with Gasteiger partial charge >= 0.3 is 0 Å². The van der Waals surface area contributed by atoms with Gasteiger partial charge in [-0.25, -0.2) is 4.98 Å². The third kappa shape index (κ3) is 8.26. The lowest BCUT2D eigenvalue weighted by Crippen LogP contribution is -2.38. The van der Waals surface area contributed by atoms with Gasteiger partial charge in [0.25, 0.3) is 5.91 Å². The van der Waals surface area contributed by atoms with Crippen LogP contribution in [0.5, 0.6) is 5.88 Å². The molecule has 2 rings (SSSR count). The molecule has 0 fully saturated rings. The maximum absolute atomic E-state index is 11.7. The highest BCUT2D eigenvalue weighted by Gasteiger charge is 2.07. The van der Waals surface area contributed by atoms with Gasteiger partial charge in [0.1, 0.15) is 0 Å². The van der Waals surface area contributed by atoms with Gasteiger partial charge in [0.05, 0.1) is 6.61 Å². The van der Waals surface area contributed by atoms with Crippen molar-refractivity contribution in [2.75, 3.05) is 27.2 Å². The number of aromatic nitrogens is 1. The minimum absolute atomic E-state index is 0. The monoisotopic (exact) mass is 511 g/mol. The molecule has 8 heteroatoms. The second-order valence-corrected chi connectivity index (χ2v) is 6.20. The van der Waals surface area contributed by atoms with Crippen molar-refractivity contribution in [2.24, 2.45) is 4.99 Å². The second-order valence-electron chi connectivity index (χ2n) is 6.20. The number of rotatable bonds is 9. The highest BCUT2D eigenvalue weighted by molar-refractivity contribution is 14.0. The van der Waals surface area contributed by atoms with Gasteiger partial charge in [-0.3, -0.25) is 9.79 Å². The van der Waals surface area contributed by atoms with Gasteiger partial charge in [-0.15, -0.1) is 24.0 Å². The normalized spacial score (nSPS) is 10.7. The summed E-state index contributed by atoms with van der Waals surface area (Å²) in [6, 6.07) is 11.5. The number of pyridine rings is 1. The Bertz CT molecular complexity index is 798. The first-order chi connectivity index (χ1) is 13.7. The number of carbonyl (C=O) groups excluding carboxylic acids is 1. The molecule has 1 aromatic carbocycles. The number of guanidine groups is 1. The molecular formula is C21H30IN5O2. The Balaban J connectivity index is 0.00000420. The van der Waals surface area contributed by atoms with Crippen molar-refractivity contribution in [3.05, 3.63) is 59.3 Å². The second kappa shape index (κ2) is 13.8. The third-order valence-electron chi connectivity index (χ3n) is 4.09. The number of hydrogen-bond donors (Lipinski definition) is 3. The van der Waals surface area contributed by atoms with Gasteiger partial charge in [-0.05, 0) is 36.6 Å². The van der Waals surface area contributed by atoms with Gasteiger partial charge in [-0.1, -0.05) is 25.1 Å². The van der Waals surface area contributed by atoms with E-state index in [1.165, 1.54) is 0 Å². The van der Waals surface area contributed by atoms with Crippen LogP contribution in [0.25, 0.3) is 0 Å². The lowest BCUT2D eigenvalue weighted by molar-refractivity contribution is 0.0963. The number of hydrogen-bond acceptors (Lipinski definition) is 4. The van der Waals surface area contributed by atoms with Crippen LogP contribution in [0.3, 0.4) is 0 Å². The first kappa shape index (κ1) is 24.7. The zero-order valence-electron chi connectivity index (χ0n) is 17.2. The summed E-state index contributed by atoms with van der Waals surface area (Å²) in [4.78, 5) is 20.3. The number of carbonyl (C=O) groups is 1. The predicted molar refractivity (Wildman–Crippen MR) is 127 cm³/mol. The van der Waals surface area contributed by atoms with Crippen LogP contribution in [0.2, 0.25) is 0 Å². The van der Waals surface area contributed by atoms with E-state index in [4.69, 9.17) is 4.74 Å². The van der Waals surface area contributed by atoms with Gasteiger partial charge < -0.3 is 20.7 Å². The largest absolute Gasteiger partial charge is 0.477 e. The summed E-state index contributed by atoms with van der Waals surface area (Å²) in [6.45, 7) is 3.98. The Morgan fingerprint density at radius 3 is 2.76 bits per heavy atom. The van der Waals surface area contributed by atoms with Crippen LogP contribution in [0.15, 0.2) is 47.6 Å². The van der Waals surface area contributed by atoms with E-state index in [2.05, 4.69) is 32.9 Å². The molecule has 0 atom stereocenters. The first-order valence-electron chi connectivity index (χ1n) is 9.50. The Labute approximate surface area is 189 Å². The summed E-state index contributed by atoms with van der Waals surface area (Å²) in [7, 11) is 3.37. The van der Waals surface area contributed by atoms with Crippen LogP contribution < -0.4 is 20.7 Å². The standard InChI is InChI=1S/C21H29N5O2.HI/c1-4-13-28-20-18(9-6-11-24-20)15-26-21(23-3)25-12-10-16-7-5-8-17(14-16)19(27)22-2;/h5-9,11,14H,4,10,12-13,15H2,1-3H3,(H,22,27)(H2,23,25,26);1H. The van der Waals surface area contributed by atoms with Gasteiger partial charge in [0.15, 0.2) is 5.96 Å². The van der Waals surface area contributed by atoms with E-state index in [0.717, 1.165) is 24.0 Å². The van der Waals surface area contributed by atoms with Crippen molar-refractivity contribution in [2.45, 2.75) is 26.3 Å². The highest BCUT2D eigenvalue weighted by atomic mass is 127. The van der Waals surface area contributed by atoms with Crippen LogP contribution in [0.1, 0.15) is 34.8 Å². The topological polar surface area (TPSA) is 87.6 Å². The van der Waals surface area contributed by atoms with Gasteiger partial charge in [0, 0.05) is 44.5 Å². The molecule has 0 radical (unpaired) electrons. The first-order valence-corrected chi connectivity index (χ1v) is 9.50. The van der Waals surface area contributed by atoms with Crippen LogP contribution in [-0.4, -0.2) is 44.1 Å². The molecule has 0 saturated heterocycles. The van der Waals surface area contributed by atoms with Crippen LogP contribution in [0.4, 0.5) is 0 Å². The average molecular weight is 511 g/mol. The molecule has 3 N–H and O–H groups in total. The van der Waals surface area contributed by atoms with E-state index < -0.39 is 0 Å². The maximum Gasteiger partial charge on any atom is 0.251 e. The summed E-state index contributed by atoms with van der Waals surface area (Å²) in [6.07, 6.45) is 3.45. The highest BCUT2D eigenvalue weighted by Crippen LogP contribution is 2.14. The Morgan fingerprint density at radius 1 is 1.21 bits per heavy atom. The van der Waals surface area contributed by atoms with Crippen molar-refractivity contribution in [1.29, 1.82) is 0 Å². The van der Waals surface area contributed by atoms with Gasteiger partial charge in [0.2, 0.25) is 5.88 Å². The van der Waals surface area contributed by atoms with Crippen LogP contribution in [-0.2, 0) is 13.0 Å². The molecule has 1 amide bonds. The van der Waals surface area contributed by atoms with Crippen molar-refractivity contribution >= 4 is 35.8 Å². The molecule has 0 bridgehead atoms. The zero-order valence-corrected chi connectivity index (χ0v) is 19.5. The molecule has 0 aliphatic heterocycles. The minimum Gasteiger partial charge on any atom is -0.477 e. The molecule has 7 nitrogen and oxygen atoms in total. The lowest BCUT2D eigenvalue weighted by Gasteiger charge is -2.14. The van der Waals surface area contributed by atoms with E-state index in [-0.39, 0.29) is 29.9 Å². The summed E-state index contributed by atoms with van der Waals surface area (Å²) in [5.41, 5.74) is 2.74. The molecule has 29 heavy (non-hydrogen) atoms. The molecule has 0 unspecified atom stereocenters. The number of amides is 1. The van der Waals surface area contributed by atoms with Gasteiger partial charge in [-0.2, -0.15) is 0 Å². The van der Waals surface area contributed by atoms with Crippen molar-refractivity contribution in [1.82, 2.24) is 20.9 Å². The fourth-order valence-corrected chi connectivity index (χ4v) is 2.62. The number of ether oxygens (including phenoxy) is 1. The van der Waals surface area contributed by atoms with E-state index in [1.54, 1.807) is 20.3 Å². The molecule has 0 aliphatic rings. The third-order valence-corrected chi connectivity index (χ3v) is 4.09. The molecular weight excluding hydrogens is 481 g/mol. The number of benzene rings is 1. The molecule has 0 aliphatic carbocycles. The fourth-order valence-electron chi connectivity index (χ4n) is 2.62. The van der Waals surface area contributed by atoms with E-state index in [9.17, 15) is 4.79 Å². The molecule has 0 spiro atoms. The van der Waals surface area contributed by atoms with Crippen molar-refractivity contribution in [3.8, 4) is 5.88 Å². The number of nitrogens with zero attached hydrogens (tertiary/aromatic N) is 2. The maximum atomic E-state index is 11.7. The van der Waals surface area contributed by atoms with Crippen molar-refractivity contribution in [3.63, 3.8) is 0 Å². The van der Waals surface area contributed by atoms with E-state index >= 15 is 0 Å². The predicted octanol–water partition coefficient (Wildman–Crippen LogP) is 2.76. The molecule has 158 valence electrons. The van der Waals surface area contributed by atoms with Crippen molar-refractivity contribution < 1.29 is 9.53 Å². The quantitative estimate of drug-likeness (QED) is 0.274. The lowest BCUT2D eigenvalue weighted by atomic mass is 10.1. The Morgan fingerprint density at radius 2 is 2.03 bits per heavy atom. The van der Waals surface area contributed by atoms with Crippen LogP contribution >= 0.6 is 24.0 Å². The molecule has 0 saturated carbocycles. The fraction of sp³-hybridized carbons (Fsp3) is 0.381. The number of nitrogens with one attached hydrogen (secondary N) is 3. The van der Waals surface area contributed by atoms with E-state index in [1.807, 2.05) is 36.4 Å². The average Bonchev–Trinajstić information content (AvgIpc) is 2.74. The van der Waals surface area contributed by atoms with E-state index in [0.29, 0.717) is 37.1 Å². The summed E-state index contributed by atoms with van der Waals surface area (Å²) in [5, 5.41) is 9.22. The minimum atomic E-state index is -0.0788.